The van der Waals surface area contributed by atoms with Crippen LogP contribution in [0.5, 0.6) is 0 Å². The fourth-order valence-corrected chi connectivity index (χ4v) is 3.83. The van der Waals surface area contributed by atoms with Gasteiger partial charge in [-0.25, -0.2) is 4.79 Å². The largest absolute Gasteiger partial charge is 0.462 e. The number of esters is 1. The van der Waals surface area contributed by atoms with Gasteiger partial charge in [0.1, 0.15) is 5.56 Å². The number of ether oxygens (including phenoxy) is 1. The highest BCUT2D eigenvalue weighted by molar-refractivity contribution is 14.1. The van der Waals surface area contributed by atoms with Crippen LogP contribution in [-0.2, 0) is 4.74 Å². The molecule has 1 aliphatic rings. The van der Waals surface area contributed by atoms with Crippen LogP contribution >= 0.6 is 22.6 Å². The Balaban J connectivity index is 2.22. The van der Waals surface area contributed by atoms with E-state index in [9.17, 15) is 9.59 Å². The third-order valence-electron chi connectivity index (χ3n) is 4.46. The van der Waals surface area contributed by atoms with Gasteiger partial charge in [-0.2, -0.15) is 0 Å². The average molecular weight is 425 g/mol. The minimum absolute atomic E-state index is 0.145. The van der Waals surface area contributed by atoms with Crippen molar-refractivity contribution in [2.75, 3.05) is 6.61 Å². The van der Waals surface area contributed by atoms with Gasteiger partial charge in [0.05, 0.1) is 12.1 Å². The second kappa shape index (κ2) is 7.03. The first-order chi connectivity index (χ1) is 11.1. The highest BCUT2D eigenvalue weighted by Gasteiger charge is 2.21. The number of rotatable bonds is 3. The Morgan fingerprint density at radius 2 is 2.04 bits per heavy atom. The molecule has 1 aliphatic carbocycles. The van der Waals surface area contributed by atoms with E-state index in [2.05, 4.69) is 27.2 Å². The Hall–Kier alpha value is -1.37. The summed E-state index contributed by atoms with van der Waals surface area (Å²) in [6.45, 7) is 2.02. The molecule has 0 aliphatic heterocycles. The van der Waals surface area contributed by atoms with Crippen molar-refractivity contribution in [1.82, 2.24) is 4.57 Å². The van der Waals surface area contributed by atoms with Gasteiger partial charge in [-0.05, 0) is 60.6 Å². The van der Waals surface area contributed by atoms with E-state index in [1.165, 1.54) is 19.3 Å². The molecule has 0 radical (unpaired) electrons. The molecule has 2 aromatic rings. The van der Waals surface area contributed by atoms with Gasteiger partial charge in [0.25, 0.3) is 0 Å². The molecule has 23 heavy (non-hydrogen) atoms. The van der Waals surface area contributed by atoms with E-state index in [0.29, 0.717) is 11.4 Å². The van der Waals surface area contributed by atoms with Crippen LogP contribution in [-0.4, -0.2) is 17.1 Å². The van der Waals surface area contributed by atoms with Crippen molar-refractivity contribution in [3.8, 4) is 0 Å². The van der Waals surface area contributed by atoms with Crippen LogP contribution in [0.1, 0.15) is 55.4 Å². The molecular weight excluding hydrogens is 405 g/mol. The average Bonchev–Trinajstić information content (AvgIpc) is 2.56. The van der Waals surface area contributed by atoms with Gasteiger partial charge in [0, 0.05) is 21.2 Å². The Morgan fingerprint density at radius 1 is 1.30 bits per heavy atom. The topological polar surface area (TPSA) is 48.3 Å². The number of pyridine rings is 1. The number of carbonyl (C=O) groups is 1. The molecule has 1 heterocycles. The molecule has 0 saturated heterocycles. The number of nitrogens with zero attached hydrogens (tertiary/aromatic N) is 1. The van der Waals surface area contributed by atoms with Crippen LogP contribution in [0.2, 0.25) is 0 Å². The van der Waals surface area contributed by atoms with Gasteiger partial charge < -0.3 is 9.30 Å². The summed E-state index contributed by atoms with van der Waals surface area (Å²) in [5.41, 5.74) is 0.825. The van der Waals surface area contributed by atoms with Crippen molar-refractivity contribution < 1.29 is 9.53 Å². The zero-order valence-corrected chi connectivity index (χ0v) is 15.3. The summed E-state index contributed by atoms with van der Waals surface area (Å²) >= 11 is 2.19. The lowest BCUT2D eigenvalue weighted by molar-refractivity contribution is 0.0524. The Labute approximate surface area is 149 Å². The van der Waals surface area contributed by atoms with E-state index < -0.39 is 5.97 Å². The molecule has 3 rings (SSSR count). The predicted molar refractivity (Wildman–Crippen MR) is 99.0 cm³/mol. The molecular formula is C18H20INO3. The van der Waals surface area contributed by atoms with Crippen molar-refractivity contribution in [2.24, 2.45) is 0 Å². The zero-order valence-electron chi connectivity index (χ0n) is 13.2. The quantitative estimate of drug-likeness (QED) is 0.545. The minimum Gasteiger partial charge on any atom is -0.462 e. The lowest BCUT2D eigenvalue weighted by Crippen LogP contribution is -2.23. The van der Waals surface area contributed by atoms with Gasteiger partial charge >= 0.3 is 5.97 Å². The maximum Gasteiger partial charge on any atom is 0.343 e. The fourth-order valence-electron chi connectivity index (χ4n) is 3.34. The molecule has 122 valence electrons. The lowest BCUT2D eigenvalue weighted by Gasteiger charge is -2.26. The third kappa shape index (κ3) is 3.29. The first-order valence-electron chi connectivity index (χ1n) is 8.13. The van der Waals surface area contributed by atoms with Crippen molar-refractivity contribution in [1.29, 1.82) is 0 Å². The molecule has 1 aromatic heterocycles. The van der Waals surface area contributed by atoms with E-state index in [0.717, 1.165) is 21.9 Å². The molecule has 0 N–H and O–H groups in total. The summed E-state index contributed by atoms with van der Waals surface area (Å²) in [6, 6.07) is 6.20. The number of aromatic nitrogens is 1. The third-order valence-corrected chi connectivity index (χ3v) is 5.13. The van der Waals surface area contributed by atoms with Gasteiger partial charge in [-0.1, -0.05) is 19.3 Å². The predicted octanol–water partition coefficient (Wildman–Crippen LogP) is 4.29. The molecule has 0 atom stereocenters. The van der Waals surface area contributed by atoms with E-state index in [1.54, 1.807) is 13.1 Å². The minimum atomic E-state index is -0.525. The number of benzene rings is 1. The van der Waals surface area contributed by atoms with Gasteiger partial charge in [0.15, 0.2) is 0 Å². The van der Waals surface area contributed by atoms with Crippen molar-refractivity contribution in [3.05, 3.63) is 43.8 Å². The lowest BCUT2D eigenvalue weighted by atomic mass is 9.94. The Bertz CT molecular complexity index is 791. The number of hydrogen-bond donors (Lipinski definition) is 0. The normalized spacial score (nSPS) is 15.7. The maximum atomic E-state index is 12.7. The zero-order chi connectivity index (χ0) is 16.4. The smallest absolute Gasteiger partial charge is 0.343 e. The van der Waals surface area contributed by atoms with Gasteiger partial charge in [-0.3, -0.25) is 4.79 Å². The molecule has 4 nitrogen and oxygen atoms in total. The van der Waals surface area contributed by atoms with Crippen LogP contribution in [0.4, 0.5) is 0 Å². The highest BCUT2D eigenvalue weighted by atomic mass is 127. The number of fused-ring (bicyclic) bond motifs is 1. The summed E-state index contributed by atoms with van der Waals surface area (Å²) in [6.07, 6.45) is 7.54. The molecule has 1 saturated carbocycles. The maximum absolute atomic E-state index is 12.7. The molecule has 1 fully saturated rings. The molecule has 5 heteroatoms. The monoisotopic (exact) mass is 425 g/mol. The summed E-state index contributed by atoms with van der Waals surface area (Å²) in [4.78, 5) is 24.9. The van der Waals surface area contributed by atoms with Crippen LogP contribution in [0.25, 0.3) is 10.9 Å². The Kier molecular flexibility index (Phi) is 5.04. The molecule has 0 bridgehead atoms. The second-order valence-electron chi connectivity index (χ2n) is 5.95. The first kappa shape index (κ1) is 16.5. The number of hydrogen-bond acceptors (Lipinski definition) is 3. The molecule has 0 spiro atoms. The van der Waals surface area contributed by atoms with Crippen molar-refractivity contribution >= 4 is 39.5 Å². The van der Waals surface area contributed by atoms with Gasteiger partial charge in [-0.15, -0.1) is 0 Å². The second-order valence-corrected chi connectivity index (χ2v) is 7.20. The van der Waals surface area contributed by atoms with E-state index in [1.807, 2.05) is 18.2 Å². The van der Waals surface area contributed by atoms with E-state index in [4.69, 9.17) is 4.74 Å². The fraction of sp³-hybridized carbons (Fsp3) is 0.444. The van der Waals surface area contributed by atoms with Crippen LogP contribution in [0.3, 0.4) is 0 Å². The van der Waals surface area contributed by atoms with Crippen LogP contribution in [0.15, 0.2) is 29.2 Å². The molecule has 1 aromatic carbocycles. The Morgan fingerprint density at radius 3 is 2.74 bits per heavy atom. The van der Waals surface area contributed by atoms with Crippen molar-refractivity contribution in [3.63, 3.8) is 0 Å². The SMILES string of the molecule is CCOC(=O)c1cn(C2CCCCC2)c2ccc(I)cc2c1=O. The first-order valence-corrected chi connectivity index (χ1v) is 9.21. The molecule has 0 unspecified atom stereocenters. The summed E-state index contributed by atoms with van der Waals surface area (Å²) in [7, 11) is 0. The van der Waals surface area contributed by atoms with Crippen LogP contribution in [0, 0.1) is 3.57 Å². The van der Waals surface area contributed by atoms with E-state index in [-0.39, 0.29) is 17.6 Å². The number of carbonyl (C=O) groups excluding carboxylic acids is 1. The van der Waals surface area contributed by atoms with Gasteiger partial charge in [0.2, 0.25) is 5.43 Å². The summed E-state index contributed by atoms with van der Waals surface area (Å²) < 4.78 is 8.19. The summed E-state index contributed by atoms with van der Waals surface area (Å²) in [5.74, 6) is -0.525. The summed E-state index contributed by atoms with van der Waals surface area (Å²) in [5, 5.41) is 0.605. The van der Waals surface area contributed by atoms with E-state index >= 15 is 0 Å². The van der Waals surface area contributed by atoms with Crippen molar-refractivity contribution in [2.45, 2.75) is 45.1 Å². The number of halogens is 1. The standard InChI is InChI=1S/C18H20INO3/c1-2-23-18(22)15-11-20(13-6-4-3-5-7-13)16-9-8-12(19)10-14(16)17(15)21/h8-11,13H,2-7H2,1H3. The molecule has 0 amide bonds. The highest BCUT2D eigenvalue weighted by Crippen LogP contribution is 2.31. The van der Waals surface area contributed by atoms with Crippen LogP contribution < -0.4 is 5.43 Å².